The van der Waals surface area contributed by atoms with Gasteiger partial charge in [0.1, 0.15) is 5.75 Å². The Morgan fingerprint density at radius 3 is 2.67 bits per heavy atom. The molecule has 0 heterocycles. The lowest BCUT2D eigenvalue weighted by molar-refractivity contribution is -0.384. The standard InChI is InChI=1S/C14H22N2O5/c1-4-5-21-13-7-11(6-12(8-13)16(17)18)15-9-14(20-3)10-19-2/h6-8,14-15H,4-5,9-10H2,1-3H3. The van der Waals surface area contributed by atoms with E-state index in [1.54, 1.807) is 20.3 Å². The average Bonchev–Trinajstić information content (AvgIpc) is 2.49. The number of benzene rings is 1. The first-order valence-electron chi connectivity index (χ1n) is 6.78. The van der Waals surface area contributed by atoms with Gasteiger partial charge in [0.05, 0.1) is 30.3 Å². The molecule has 7 nitrogen and oxygen atoms in total. The van der Waals surface area contributed by atoms with Crippen LogP contribution in [-0.4, -0.2) is 45.0 Å². The molecular weight excluding hydrogens is 276 g/mol. The highest BCUT2D eigenvalue weighted by molar-refractivity contribution is 5.56. The summed E-state index contributed by atoms with van der Waals surface area (Å²) in [7, 11) is 3.19. The van der Waals surface area contributed by atoms with E-state index < -0.39 is 4.92 Å². The number of nitro groups is 1. The van der Waals surface area contributed by atoms with Gasteiger partial charge in [-0.05, 0) is 6.42 Å². The van der Waals surface area contributed by atoms with Crippen molar-refractivity contribution in [3.63, 3.8) is 0 Å². The Balaban J connectivity index is 2.79. The van der Waals surface area contributed by atoms with E-state index in [0.717, 1.165) is 6.42 Å². The summed E-state index contributed by atoms with van der Waals surface area (Å²) in [6.07, 6.45) is 0.708. The van der Waals surface area contributed by atoms with Gasteiger partial charge in [-0.25, -0.2) is 0 Å². The molecule has 0 saturated carbocycles. The van der Waals surface area contributed by atoms with Crippen molar-refractivity contribution in [2.24, 2.45) is 0 Å². The van der Waals surface area contributed by atoms with Gasteiger partial charge in [-0.1, -0.05) is 6.92 Å². The molecule has 1 atom stereocenters. The van der Waals surface area contributed by atoms with Gasteiger partial charge >= 0.3 is 0 Å². The second-order valence-corrected chi connectivity index (χ2v) is 4.52. The molecule has 118 valence electrons. The fourth-order valence-electron chi connectivity index (χ4n) is 1.72. The maximum Gasteiger partial charge on any atom is 0.275 e. The average molecular weight is 298 g/mol. The largest absolute Gasteiger partial charge is 0.493 e. The van der Waals surface area contributed by atoms with E-state index in [-0.39, 0.29) is 11.8 Å². The number of ether oxygens (including phenoxy) is 3. The van der Waals surface area contributed by atoms with Crippen LogP contribution < -0.4 is 10.1 Å². The summed E-state index contributed by atoms with van der Waals surface area (Å²) in [5.74, 6) is 0.481. The van der Waals surface area contributed by atoms with Crippen LogP contribution in [-0.2, 0) is 9.47 Å². The molecule has 1 aromatic carbocycles. The summed E-state index contributed by atoms with van der Waals surface area (Å²) >= 11 is 0. The maximum atomic E-state index is 11.0. The Bertz CT molecular complexity index is 453. The summed E-state index contributed by atoms with van der Waals surface area (Å²) in [5.41, 5.74) is 0.611. The number of nitrogens with one attached hydrogen (secondary N) is 1. The zero-order chi connectivity index (χ0) is 15.7. The molecule has 21 heavy (non-hydrogen) atoms. The minimum atomic E-state index is -0.438. The molecule has 0 radical (unpaired) electrons. The lowest BCUT2D eigenvalue weighted by Crippen LogP contribution is -2.26. The number of hydrogen-bond acceptors (Lipinski definition) is 6. The Hall–Kier alpha value is -1.86. The third-order valence-electron chi connectivity index (χ3n) is 2.79. The fraction of sp³-hybridized carbons (Fsp3) is 0.571. The van der Waals surface area contributed by atoms with Gasteiger partial charge in [-0.3, -0.25) is 10.1 Å². The van der Waals surface area contributed by atoms with Gasteiger partial charge in [0.2, 0.25) is 0 Å². The van der Waals surface area contributed by atoms with Crippen molar-refractivity contribution in [2.75, 3.05) is 39.3 Å². The van der Waals surface area contributed by atoms with Gasteiger partial charge in [-0.2, -0.15) is 0 Å². The van der Waals surface area contributed by atoms with Crippen molar-refractivity contribution in [3.8, 4) is 5.75 Å². The molecule has 0 bridgehead atoms. The van der Waals surface area contributed by atoms with Crippen LogP contribution in [0.25, 0.3) is 0 Å². The first-order valence-corrected chi connectivity index (χ1v) is 6.78. The van der Waals surface area contributed by atoms with Crippen LogP contribution in [0.3, 0.4) is 0 Å². The molecule has 0 aliphatic carbocycles. The molecule has 0 aliphatic rings. The second-order valence-electron chi connectivity index (χ2n) is 4.52. The first-order chi connectivity index (χ1) is 10.1. The van der Waals surface area contributed by atoms with Gasteiger partial charge in [0.25, 0.3) is 5.69 Å². The number of nitro benzene ring substituents is 1. The van der Waals surface area contributed by atoms with Crippen LogP contribution in [0.1, 0.15) is 13.3 Å². The highest BCUT2D eigenvalue weighted by Gasteiger charge is 2.12. The summed E-state index contributed by atoms with van der Waals surface area (Å²) in [6, 6.07) is 4.63. The molecule has 0 fully saturated rings. The molecule has 1 unspecified atom stereocenters. The van der Waals surface area contributed by atoms with E-state index in [4.69, 9.17) is 14.2 Å². The summed E-state index contributed by atoms with van der Waals surface area (Å²) in [6.45, 7) is 3.42. The number of anilines is 1. The maximum absolute atomic E-state index is 11.0. The van der Waals surface area contributed by atoms with E-state index in [9.17, 15) is 10.1 Å². The van der Waals surface area contributed by atoms with Crippen LogP contribution >= 0.6 is 0 Å². The molecule has 0 amide bonds. The predicted octanol–water partition coefficient (Wildman–Crippen LogP) is 2.46. The molecule has 7 heteroatoms. The van der Waals surface area contributed by atoms with Gasteiger partial charge in [-0.15, -0.1) is 0 Å². The Morgan fingerprint density at radius 2 is 2.10 bits per heavy atom. The van der Waals surface area contributed by atoms with Crippen LogP contribution in [0.5, 0.6) is 5.75 Å². The normalized spacial score (nSPS) is 12.0. The highest BCUT2D eigenvalue weighted by Crippen LogP contribution is 2.26. The molecule has 1 aromatic rings. The predicted molar refractivity (Wildman–Crippen MR) is 80.0 cm³/mol. The zero-order valence-corrected chi connectivity index (χ0v) is 12.6. The monoisotopic (exact) mass is 298 g/mol. The van der Waals surface area contributed by atoms with Crippen LogP contribution in [0, 0.1) is 10.1 Å². The quantitative estimate of drug-likeness (QED) is 0.528. The van der Waals surface area contributed by atoms with Gasteiger partial charge in [0, 0.05) is 38.6 Å². The smallest absolute Gasteiger partial charge is 0.275 e. The Kier molecular flexibility index (Phi) is 7.49. The molecule has 1 N–H and O–H groups in total. The van der Waals surface area contributed by atoms with Crippen molar-refractivity contribution in [2.45, 2.75) is 19.4 Å². The minimum absolute atomic E-state index is 0.00758. The van der Waals surface area contributed by atoms with Crippen molar-refractivity contribution in [1.29, 1.82) is 0 Å². The van der Waals surface area contributed by atoms with E-state index >= 15 is 0 Å². The summed E-state index contributed by atoms with van der Waals surface area (Å²) in [5, 5.41) is 14.1. The lowest BCUT2D eigenvalue weighted by Gasteiger charge is -2.16. The van der Waals surface area contributed by atoms with Crippen molar-refractivity contribution in [1.82, 2.24) is 0 Å². The molecule has 0 spiro atoms. The SMILES string of the molecule is CCCOc1cc(NCC(COC)OC)cc([N+](=O)[O-])c1. The second kappa shape index (κ2) is 9.15. The summed E-state index contributed by atoms with van der Waals surface area (Å²) in [4.78, 5) is 10.5. The number of methoxy groups -OCH3 is 2. The number of rotatable bonds is 10. The van der Waals surface area contributed by atoms with Gasteiger partial charge < -0.3 is 19.5 Å². The first kappa shape index (κ1) is 17.2. The van der Waals surface area contributed by atoms with E-state index in [1.807, 2.05) is 6.92 Å². The van der Waals surface area contributed by atoms with Crippen LogP contribution in [0.2, 0.25) is 0 Å². The number of hydrogen-bond donors (Lipinski definition) is 1. The molecule has 0 saturated heterocycles. The Morgan fingerprint density at radius 1 is 1.33 bits per heavy atom. The van der Waals surface area contributed by atoms with Crippen LogP contribution in [0.4, 0.5) is 11.4 Å². The third-order valence-corrected chi connectivity index (χ3v) is 2.79. The lowest BCUT2D eigenvalue weighted by atomic mass is 10.2. The summed E-state index contributed by atoms with van der Waals surface area (Å²) < 4.78 is 15.7. The van der Waals surface area contributed by atoms with E-state index in [1.165, 1.54) is 12.1 Å². The highest BCUT2D eigenvalue weighted by atomic mass is 16.6. The van der Waals surface area contributed by atoms with Crippen molar-refractivity contribution in [3.05, 3.63) is 28.3 Å². The molecule has 1 rings (SSSR count). The zero-order valence-electron chi connectivity index (χ0n) is 12.6. The molecule has 0 aromatic heterocycles. The topological polar surface area (TPSA) is 82.9 Å². The Labute approximate surface area is 124 Å². The van der Waals surface area contributed by atoms with E-state index in [2.05, 4.69) is 5.32 Å². The fourth-order valence-corrected chi connectivity index (χ4v) is 1.72. The minimum Gasteiger partial charge on any atom is -0.493 e. The molecular formula is C14H22N2O5. The molecule has 0 aliphatic heterocycles. The van der Waals surface area contributed by atoms with Crippen LogP contribution in [0.15, 0.2) is 18.2 Å². The third kappa shape index (κ3) is 5.97. The number of non-ortho nitro benzene ring substituents is 1. The number of nitrogens with zero attached hydrogens (tertiary/aromatic N) is 1. The van der Waals surface area contributed by atoms with Crippen molar-refractivity contribution >= 4 is 11.4 Å². The van der Waals surface area contributed by atoms with Crippen molar-refractivity contribution < 1.29 is 19.1 Å². The van der Waals surface area contributed by atoms with Gasteiger partial charge in [0.15, 0.2) is 0 Å². The van der Waals surface area contributed by atoms with E-state index in [0.29, 0.717) is 31.2 Å².